The molecule has 0 aromatic heterocycles. The second-order valence-electron chi connectivity index (χ2n) is 5.16. The Bertz CT molecular complexity index is 427. The number of nitrogens with zero attached hydrogens (tertiary/aromatic N) is 1. The van der Waals surface area contributed by atoms with Gasteiger partial charge in [0.2, 0.25) is 0 Å². The van der Waals surface area contributed by atoms with E-state index in [9.17, 15) is 9.90 Å². The number of carbonyl (C=O) groups excluding carboxylic acids is 1. The molecule has 110 valence electrons. The van der Waals surface area contributed by atoms with Crippen LogP contribution in [-0.4, -0.2) is 48.4 Å². The van der Waals surface area contributed by atoms with Crippen molar-refractivity contribution < 1.29 is 14.6 Å². The first-order valence-electron chi connectivity index (χ1n) is 7.06. The summed E-state index contributed by atoms with van der Waals surface area (Å²) in [6.07, 6.45) is 1.76. The van der Waals surface area contributed by atoms with Gasteiger partial charge >= 0.3 is 6.03 Å². The van der Waals surface area contributed by atoms with Gasteiger partial charge in [0.25, 0.3) is 0 Å². The van der Waals surface area contributed by atoms with Crippen molar-refractivity contribution in [2.75, 3.05) is 26.3 Å². The van der Waals surface area contributed by atoms with E-state index < -0.39 is 0 Å². The van der Waals surface area contributed by atoms with Gasteiger partial charge in [-0.15, -0.1) is 0 Å². The van der Waals surface area contributed by atoms with E-state index in [4.69, 9.17) is 4.74 Å². The van der Waals surface area contributed by atoms with Crippen LogP contribution in [0.15, 0.2) is 24.3 Å². The lowest BCUT2D eigenvalue weighted by molar-refractivity contribution is 0.0526. The molecule has 1 fully saturated rings. The molecule has 2 rings (SSSR count). The lowest BCUT2D eigenvalue weighted by Crippen LogP contribution is -2.48. The molecule has 1 aliphatic rings. The molecule has 1 atom stereocenters. The number of phenolic OH excluding ortho intramolecular Hbond substituents is 1. The first-order chi connectivity index (χ1) is 9.65. The number of ether oxygens (including phenoxy) is 1. The fraction of sp³-hybridized carbons (Fsp3) is 0.533. The predicted octanol–water partition coefficient (Wildman–Crippen LogP) is 1.76. The maximum Gasteiger partial charge on any atom is 0.317 e. The zero-order valence-corrected chi connectivity index (χ0v) is 11.8. The average molecular weight is 278 g/mol. The van der Waals surface area contributed by atoms with E-state index in [2.05, 4.69) is 5.32 Å². The van der Waals surface area contributed by atoms with Crippen molar-refractivity contribution in [2.24, 2.45) is 0 Å². The van der Waals surface area contributed by atoms with Gasteiger partial charge < -0.3 is 20.1 Å². The molecule has 5 nitrogen and oxygen atoms in total. The number of hydrogen-bond acceptors (Lipinski definition) is 3. The normalized spacial score (nSPS) is 16.8. The van der Waals surface area contributed by atoms with Gasteiger partial charge in [-0.1, -0.05) is 12.1 Å². The number of hydrogen-bond donors (Lipinski definition) is 2. The van der Waals surface area contributed by atoms with Crippen LogP contribution in [0.2, 0.25) is 0 Å². The summed E-state index contributed by atoms with van der Waals surface area (Å²) in [5.74, 6) is 0.280. The molecule has 1 aromatic rings. The van der Waals surface area contributed by atoms with Gasteiger partial charge in [-0.25, -0.2) is 4.79 Å². The molecule has 0 spiro atoms. The van der Waals surface area contributed by atoms with Crippen LogP contribution in [0.4, 0.5) is 4.79 Å². The van der Waals surface area contributed by atoms with Crippen LogP contribution in [0.25, 0.3) is 0 Å². The molecule has 5 heteroatoms. The van der Waals surface area contributed by atoms with E-state index in [0.29, 0.717) is 26.3 Å². The van der Waals surface area contributed by atoms with Crippen molar-refractivity contribution in [3.8, 4) is 5.75 Å². The van der Waals surface area contributed by atoms with Crippen LogP contribution in [-0.2, 0) is 11.2 Å². The van der Waals surface area contributed by atoms with Crippen molar-refractivity contribution in [1.82, 2.24) is 10.2 Å². The van der Waals surface area contributed by atoms with Gasteiger partial charge in [0.05, 0.1) is 13.2 Å². The molecular weight excluding hydrogens is 256 g/mol. The van der Waals surface area contributed by atoms with Crippen molar-refractivity contribution in [3.63, 3.8) is 0 Å². The lowest BCUT2D eigenvalue weighted by Gasteiger charge is -2.28. The topological polar surface area (TPSA) is 61.8 Å². The first kappa shape index (κ1) is 14.7. The molecule has 20 heavy (non-hydrogen) atoms. The molecule has 0 radical (unpaired) electrons. The van der Waals surface area contributed by atoms with Crippen LogP contribution >= 0.6 is 0 Å². The summed E-state index contributed by atoms with van der Waals surface area (Å²) in [7, 11) is 0. The highest BCUT2D eigenvalue weighted by Gasteiger charge is 2.17. The maximum absolute atomic E-state index is 12.0. The summed E-state index contributed by atoms with van der Waals surface area (Å²) in [6, 6.07) is 7.31. The van der Waals surface area contributed by atoms with Gasteiger partial charge in [0, 0.05) is 19.1 Å². The number of aryl methyl sites for hydroxylation is 1. The SMILES string of the molecule is CC(CCc1ccc(O)cc1)NC(=O)N1CCOCC1. The third-order valence-corrected chi connectivity index (χ3v) is 3.47. The lowest BCUT2D eigenvalue weighted by atomic mass is 10.1. The molecule has 1 heterocycles. The highest BCUT2D eigenvalue weighted by Crippen LogP contribution is 2.12. The molecule has 2 amide bonds. The number of rotatable bonds is 4. The molecule has 1 saturated heterocycles. The van der Waals surface area contributed by atoms with E-state index in [1.165, 1.54) is 0 Å². The number of carbonyl (C=O) groups is 1. The zero-order chi connectivity index (χ0) is 14.4. The van der Waals surface area contributed by atoms with Crippen molar-refractivity contribution in [3.05, 3.63) is 29.8 Å². The number of benzene rings is 1. The Morgan fingerprint density at radius 3 is 2.65 bits per heavy atom. The molecular formula is C15H22N2O3. The third kappa shape index (κ3) is 4.42. The number of aromatic hydroxyl groups is 1. The Labute approximate surface area is 119 Å². The maximum atomic E-state index is 12.0. The van der Waals surface area contributed by atoms with Crippen molar-refractivity contribution in [1.29, 1.82) is 0 Å². The summed E-state index contributed by atoms with van der Waals surface area (Å²) in [6.45, 7) is 4.58. The van der Waals surface area contributed by atoms with Crippen LogP contribution in [0.3, 0.4) is 0 Å². The van der Waals surface area contributed by atoms with Gasteiger partial charge in [-0.3, -0.25) is 0 Å². The number of phenols is 1. The predicted molar refractivity (Wildman–Crippen MR) is 76.8 cm³/mol. The molecule has 2 N–H and O–H groups in total. The number of urea groups is 1. The largest absolute Gasteiger partial charge is 0.508 e. The van der Waals surface area contributed by atoms with Crippen molar-refractivity contribution in [2.45, 2.75) is 25.8 Å². The standard InChI is InChI=1S/C15H22N2O3/c1-12(2-3-13-4-6-14(18)7-5-13)16-15(19)17-8-10-20-11-9-17/h4-7,12,18H,2-3,8-11H2,1H3,(H,16,19). The Morgan fingerprint density at radius 2 is 2.00 bits per heavy atom. The highest BCUT2D eigenvalue weighted by molar-refractivity contribution is 5.74. The van der Waals surface area contributed by atoms with E-state index in [0.717, 1.165) is 18.4 Å². The Kier molecular flexibility index (Phi) is 5.24. The minimum Gasteiger partial charge on any atom is -0.508 e. The average Bonchev–Trinajstić information content (AvgIpc) is 2.47. The fourth-order valence-corrected chi connectivity index (χ4v) is 2.19. The highest BCUT2D eigenvalue weighted by atomic mass is 16.5. The minimum absolute atomic E-state index is 0.00786. The summed E-state index contributed by atoms with van der Waals surface area (Å²) in [4.78, 5) is 13.8. The quantitative estimate of drug-likeness (QED) is 0.882. The minimum atomic E-state index is -0.00786. The Hall–Kier alpha value is -1.75. The Balaban J connectivity index is 1.73. The van der Waals surface area contributed by atoms with Gasteiger partial charge in [-0.05, 0) is 37.5 Å². The summed E-state index contributed by atoms with van der Waals surface area (Å²) < 4.78 is 5.23. The first-order valence-corrected chi connectivity index (χ1v) is 7.06. The van der Waals surface area contributed by atoms with E-state index in [1.807, 2.05) is 19.1 Å². The second-order valence-corrected chi connectivity index (χ2v) is 5.16. The zero-order valence-electron chi connectivity index (χ0n) is 11.8. The molecule has 0 bridgehead atoms. The molecule has 0 saturated carbocycles. The van der Waals surface area contributed by atoms with Crippen LogP contribution in [0.5, 0.6) is 5.75 Å². The summed E-state index contributed by atoms with van der Waals surface area (Å²) in [5.41, 5.74) is 1.16. The molecule has 1 unspecified atom stereocenters. The molecule has 1 aromatic carbocycles. The van der Waals surface area contributed by atoms with E-state index in [-0.39, 0.29) is 17.8 Å². The fourth-order valence-electron chi connectivity index (χ4n) is 2.19. The monoisotopic (exact) mass is 278 g/mol. The van der Waals surface area contributed by atoms with Gasteiger partial charge in [0.15, 0.2) is 0 Å². The smallest absolute Gasteiger partial charge is 0.317 e. The summed E-state index contributed by atoms with van der Waals surface area (Å²) >= 11 is 0. The van der Waals surface area contributed by atoms with Crippen LogP contribution in [0, 0.1) is 0 Å². The number of nitrogens with one attached hydrogen (secondary N) is 1. The Morgan fingerprint density at radius 1 is 1.35 bits per heavy atom. The van der Waals surface area contributed by atoms with Crippen LogP contribution < -0.4 is 5.32 Å². The molecule has 0 aliphatic carbocycles. The molecule has 1 aliphatic heterocycles. The van der Waals surface area contributed by atoms with Gasteiger partial charge in [0.1, 0.15) is 5.75 Å². The number of morpholine rings is 1. The second kappa shape index (κ2) is 7.14. The van der Waals surface area contributed by atoms with E-state index >= 15 is 0 Å². The van der Waals surface area contributed by atoms with Crippen LogP contribution in [0.1, 0.15) is 18.9 Å². The van der Waals surface area contributed by atoms with Crippen molar-refractivity contribution >= 4 is 6.03 Å². The number of amides is 2. The van der Waals surface area contributed by atoms with Gasteiger partial charge in [-0.2, -0.15) is 0 Å². The summed E-state index contributed by atoms with van der Waals surface area (Å²) in [5, 5.41) is 12.2. The van der Waals surface area contributed by atoms with E-state index in [1.54, 1.807) is 17.0 Å². The third-order valence-electron chi connectivity index (χ3n) is 3.47.